The van der Waals surface area contributed by atoms with E-state index < -0.39 is 6.67 Å². The van der Waals surface area contributed by atoms with Crippen LogP contribution in [0.5, 0.6) is 5.88 Å². The van der Waals surface area contributed by atoms with Gasteiger partial charge in [0.15, 0.2) is 0 Å². The van der Waals surface area contributed by atoms with E-state index in [9.17, 15) is 9.18 Å². The molecular formula is C16H21FN2O3. The molecule has 2 saturated heterocycles. The predicted octanol–water partition coefficient (Wildman–Crippen LogP) is 1.83. The van der Waals surface area contributed by atoms with Crippen molar-refractivity contribution >= 4 is 5.91 Å². The highest BCUT2D eigenvalue weighted by atomic mass is 19.1. The fourth-order valence-corrected chi connectivity index (χ4v) is 3.30. The second-order valence-corrected chi connectivity index (χ2v) is 5.89. The van der Waals surface area contributed by atoms with Gasteiger partial charge in [0, 0.05) is 18.9 Å². The summed E-state index contributed by atoms with van der Waals surface area (Å²) in [5.74, 6) is 0.890. The zero-order valence-electron chi connectivity index (χ0n) is 12.5. The molecule has 0 saturated carbocycles. The first-order valence-corrected chi connectivity index (χ1v) is 7.75. The molecule has 0 radical (unpaired) electrons. The van der Waals surface area contributed by atoms with E-state index in [2.05, 4.69) is 4.98 Å². The number of amides is 1. The van der Waals surface area contributed by atoms with Crippen LogP contribution in [0.2, 0.25) is 0 Å². The quantitative estimate of drug-likeness (QED) is 0.804. The Labute approximate surface area is 129 Å². The van der Waals surface area contributed by atoms with Gasteiger partial charge in [-0.25, -0.2) is 4.98 Å². The molecule has 1 amide bonds. The molecule has 2 fully saturated rings. The zero-order valence-corrected chi connectivity index (χ0v) is 12.5. The molecule has 0 aliphatic carbocycles. The average Bonchev–Trinajstić information content (AvgIpc) is 2.91. The summed E-state index contributed by atoms with van der Waals surface area (Å²) < 4.78 is 23.8. The molecular weight excluding hydrogens is 287 g/mol. The van der Waals surface area contributed by atoms with Gasteiger partial charge in [-0.05, 0) is 24.8 Å². The van der Waals surface area contributed by atoms with E-state index >= 15 is 0 Å². The maximum atomic E-state index is 12.2. The number of aromatic nitrogens is 1. The standard InChI is InChI=1S/C16H21FN2O3/c17-7-4-15(20)19-11-16(12-19)13(6-10-22-16)5-9-21-14-3-1-2-8-18-14/h1-3,8,13H,4-7,9-12H2. The second kappa shape index (κ2) is 6.60. The SMILES string of the molecule is O=C(CCF)N1CC2(C1)OCCC2CCOc1ccccn1. The van der Waals surface area contributed by atoms with Crippen LogP contribution < -0.4 is 4.74 Å². The third-order valence-electron chi connectivity index (χ3n) is 4.53. The molecule has 1 aromatic rings. The summed E-state index contributed by atoms with van der Waals surface area (Å²) in [5.41, 5.74) is -0.237. The van der Waals surface area contributed by atoms with E-state index in [1.165, 1.54) is 0 Å². The van der Waals surface area contributed by atoms with Gasteiger partial charge < -0.3 is 14.4 Å². The minimum Gasteiger partial charge on any atom is -0.478 e. The van der Waals surface area contributed by atoms with Gasteiger partial charge in [-0.15, -0.1) is 0 Å². The number of pyridine rings is 1. The van der Waals surface area contributed by atoms with Crippen molar-refractivity contribution in [2.45, 2.75) is 24.9 Å². The minimum atomic E-state index is -0.593. The van der Waals surface area contributed by atoms with E-state index in [4.69, 9.17) is 9.47 Å². The first-order chi connectivity index (χ1) is 10.7. The highest BCUT2D eigenvalue weighted by molar-refractivity contribution is 5.77. The Hall–Kier alpha value is -1.69. The van der Waals surface area contributed by atoms with E-state index in [1.807, 2.05) is 18.2 Å². The van der Waals surface area contributed by atoms with Crippen molar-refractivity contribution in [2.24, 2.45) is 5.92 Å². The summed E-state index contributed by atoms with van der Waals surface area (Å²) in [6, 6.07) is 5.58. The van der Waals surface area contributed by atoms with Gasteiger partial charge in [0.1, 0.15) is 5.60 Å². The molecule has 0 N–H and O–H groups in total. The number of carbonyl (C=O) groups excluding carboxylic acids is 1. The summed E-state index contributed by atoms with van der Waals surface area (Å²) in [6.07, 6.45) is 3.54. The van der Waals surface area contributed by atoms with Crippen LogP contribution in [0.1, 0.15) is 19.3 Å². The Balaban J connectivity index is 1.47. The molecule has 1 spiro atoms. The summed E-state index contributed by atoms with van der Waals surface area (Å²) in [4.78, 5) is 17.5. The minimum absolute atomic E-state index is 0.0243. The number of ether oxygens (including phenoxy) is 2. The molecule has 22 heavy (non-hydrogen) atoms. The van der Waals surface area contributed by atoms with Crippen LogP contribution in [0.3, 0.4) is 0 Å². The average molecular weight is 308 g/mol. The second-order valence-electron chi connectivity index (χ2n) is 5.89. The molecule has 1 unspecified atom stereocenters. The van der Waals surface area contributed by atoms with Crippen molar-refractivity contribution < 1.29 is 18.7 Å². The molecule has 6 heteroatoms. The molecule has 0 aromatic carbocycles. The third-order valence-corrected chi connectivity index (χ3v) is 4.53. The van der Waals surface area contributed by atoms with Gasteiger partial charge in [0.05, 0.1) is 32.8 Å². The first-order valence-electron chi connectivity index (χ1n) is 7.75. The van der Waals surface area contributed by atoms with Crippen LogP contribution in [-0.4, -0.2) is 54.4 Å². The molecule has 120 valence electrons. The lowest BCUT2D eigenvalue weighted by atomic mass is 9.79. The molecule has 5 nitrogen and oxygen atoms in total. The van der Waals surface area contributed by atoms with E-state index in [1.54, 1.807) is 11.1 Å². The normalized spacial score (nSPS) is 22.6. The number of hydrogen-bond donors (Lipinski definition) is 0. The predicted molar refractivity (Wildman–Crippen MR) is 78.3 cm³/mol. The van der Waals surface area contributed by atoms with Crippen molar-refractivity contribution in [2.75, 3.05) is 33.0 Å². The number of halogens is 1. The van der Waals surface area contributed by atoms with Crippen LogP contribution in [0.4, 0.5) is 4.39 Å². The van der Waals surface area contributed by atoms with Crippen LogP contribution in [0, 0.1) is 5.92 Å². The summed E-state index contributed by atoms with van der Waals surface area (Å²) >= 11 is 0. The van der Waals surface area contributed by atoms with E-state index in [-0.39, 0.29) is 17.9 Å². The number of nitrogens with zero attached hydrogens (tertiary/aromatic N) is 2. The Bertz CT molecular complexity index is 505. The van der Waals surface area contributed by atoms with Crippen LogP contribution in [-0.2, 0) is 9.53 Å². The monoisotopic (exact) mass is 308 g/mol. The van der Waals surface area contributed by atoms with Crippen molar-refractivity contribution in [1.29, 1.82) is 0 Å². The van der Waals surface area contributed by atoms with Gasteiger partial charge >= 0.3 is 0 Å². The summed E-state index contributed by atoms with van der Waals surface area (Å²) in [6.45, 7) is 1.88. The largest absolute Gasteiger partial charge is 0.478 e. The lowest BCUT2D eigenvalue weighted by Gasteiger charge is -2.50. The van der Waals surface area contributed by atoms with Crippen molar-refractivity contribution in [3.8, 4) is 5.88 Å². The number of hydrogen-bond acceptors (Lipinski definition) is 4. The van der Waals surface area contributed by atoms with E-state index in [0.29, 0.717) is 31.5 Å². The molecule has 1 aromatic heterocycles. The number of rotatable bonds is 6. The van der Waals surface area contributed by atoms with Crippen molar-refractivity contribution in [3.63, 3.8) is 0 Å². The first kappa shape index (κ1) is 15.2. The summed E-state index contributed by atoms with van der Waals surface area (Å²) in [5, 5.41) is 0. The van der Waals surface area contributed by atoms with Gasteiger partial charge in [0.2, 0.25) is 11.8 Å². The van der Waals surface area contributed by atoms with Crippen molar-refractivity contribution in [1.82, 2.24) is 9.88 Å². The van der Waals surface area contributed by atoms with Crippen molar-refractivity contribution in [3.05, 3.63) is 24.4 Å². The van der Waals surface area contributed by atoms with Crippen LogP contribution in [0.15, 0.2) is 24.4 Å². The molecule has 2 aliphatic heterocycles. The Kier molecular flexibility index (Phi) is 4.57. The Morgan fingerprint density at radius 1 is 1.50 bits per heavy atom. The van der Waals surface area contributed by atoms with Crippen LogP contribution >= 0.6 is 0 Å². The molecule has 3 heterocycles. The Morgan fingerprint density at radius 2 is 2.36 bits per heavy atom. The summed E-state index contributed by atoms with van der Waals surface area (Å²) in [7, 11) is 0. The van der Waals surface area contributed by atoms with Gasteiger partial charge in [-0.3, -0.25) is 9.18 Å². The maximum Gasteiger partial charge on any atom is 0.225 e. The van der Waals surface area contributed by atoms with Gasteiger partial charge in [-0.2, -0.15) is 0 Å². The molecule has 2 aliphatic rings. The smallest absolute Gasteiger partial charge is 0.225 e. The fourth-order valence-electron chi connectivity index (χ4n) is 3.30. The maximum absolute atomic E-state index is 12.2. The van der Waals surface area contributed by atoms with Gasteiger partial charge in [-0.1, -0.05) is 6.07 Å². The topological polar surface area (TPSA) is 51.7 Å². The van der Waals surface area contributed by atoms with Crippen LogP contribution in [0.25, 0.3) is 0 Å². The third kappa shape index (κ3) is 3.06. The molecule has 3 rings (SSSR count). The highest BCUT2D eigenvalue weighted by Crippen LogP contribution is 2.41. The van der Waals surface area contributed by atoms with Gasteiger partial charge in [0.25, 0.3) is 0 Å². The lowest BCUT2D eigenvalue weighted by Crippen LogP contribution is -2.66. The zero-order chi connectivity index (χ0) is 15.4. The number of alkyl halides is 1. The van der Waals surface area contributed by atoms with E-state index in [0.717, 1.165) is 19.4 Å². The lowest BCUT2D eigenvalue weighted by molar-refractivity contribution is -0.166. The fraction of sp³-hybridized carbons (Fsp3) is 0.625. The Morgan fingerprint density at radius 3 is 3.09 bits per heavy atom. The molecule has 1 atom stereocenters. The molecule has 0 bridgehead atoms. The number of likely N-dealkylation sites (tertiary alicyclic amines) is 1. The highest BCUT2D eigenvalue weighted by Gasteiger charge is 2.53. The number of carbonyl (C=O) groups is 1.